The van der Waals surface area contributed by atoms with Crippen LogP contribution in [0, 0.1) is 0 Å². The van der Waals surface area contributed by atoms with Crippen LogP contribution in [0.25, 0.3) is 5.69 Å². The van der Waals surface area contributed by atoms with E-state index in [1.807, 2.05) is 41.3 Å². The van der Waals surface area contributed by atoms with Crippen molar-refractivity contribution in [3.63, 3.8) is 0 Å². The maximum absolute atomic E-state index is 12.5. The minimum atomic E-state index is 0.00729. The van der Waals surface area contributed by atoms with E-state index in [2.05, 4.69) is 15.1 Å². The second kappa shape index (κ2) is 6.95. The molecule has 1 aliphatic heterocycles. The SMILES string of the molecule is COc1ccccc1CN1CC(c2ncnn2-c2ccncc2)CC1=O. The molecular weight excluding hydrogens is 330 g/mol. The number of nitrogens with zero attached hydrogens (tertiary/aromatic N) is 5. The Morgan fingerprint density at radius 2 is 2.00 bits per heavy atom. The van der Waals surface area contributed by atoms with Crippen LogP contribution >= 0.6 is 0 Å². The number of ether oxygens (including phenoxy) is 1. The molecule has 0 spiro atoms. The molecule has 3 heterocycles. The van der Waals surface area contributed by atoms with Crippen LogP contribution < -0.4 is 4.74 Å². The lowest BCUT2D eigenvalue weighted by Gasteiger charge is -2.18. The van der Waals surface area contributed by atoms with Gasteiger partial charge in [0.25, 0.3) is 0 Å². The van der Waals surface area contributed by atoms with E-state index in [4.69, 9.17) is 4.74 Å². The number of carbonyl (C=O) groups is 1. The van der Waals surface area contributed by atoms with E-state index in [0.717, 1.165) is 22.8 Å². The summed E-state index contributed by atoms with van der Waals surface area (Å²) in [7, 11) is 1.64. The Bertz CT molecular complexity index is 909. The van der Waals surface area contributed by atoms with Crippen LogP contribution in [0.2, 0.25) is 0 Å². The number of rotatable bonds is 5. The van der Waals surface area contributed by atoms with Gasteiger partial charge in [-0.15, -0.1) is 0 Å². The van der Waals surface area contributed by atoms with E-state index >= 15 is 0 Å². The van der Waals surface area contributed by atoms with Crippen molar-refractivity contribution in [2.24, 2.45) is 0 Å². The van der Waals surface area contributed by atoms with Crippen molar-refractivity contribution in [2.45, 2.75) is 18.9 Å². The zero-order valence-electron chi connectivity index (χ0n) is 14.4. The van der Waals surface area contributed by atoms with E-state index in [9.17, 15) is 4.79 Å². The Kier molecular flexibility index (Phi) is 4.35. The lowest BCUT2D eigenvalue weighted by molar-refractivity contribution is -0.128. The maximum Gasteiger partial charge on any atom is 0.223 e. The fraction of sp³-hybridized carbons (Fsp3) is 0.263. The zero-order chi connectivity index (χ0) is 17.9. The quantitative estimate of drug-likeness (QED) is 0.706. The lowest BCUT2D eigenvalue weighted by Crippen LogP contribution is -2.25. The van der Waals surface area contributed by atoms with Crippen LogP contribution in [0.4, 0.5) is 0 Å². The smallest absolute Gasteiger partial charge is 0.223 e. The number of para-hydroxylation sites is 1. The summed E-state index contributed by atoms with van der Waals surface area (Å²) in [5.41, 5.74) is 1.89. The largest absolute Gasteiger partial charge is 0.496 e. The molecule has 132 valence electrons. The second-order valence-electron chi connectivity index (χ2n) is 6.22. The van der Waals surface area contributed by atoms with Gasteiger partial charge < -0.3 is 9.64 Å². The van der Waals surface area contributed by atoms with Crippen molar-refractivity contribution in [3.05, 3.63) is 66.5 Å². The van der Waals surface area contributed by atoms with Gasteiger partial charge in [0.2, 0.25) is 5.91 Å². The average molecular weight is 349 g/mol. The van der Waals surface area contributed by atoms with Gasteiger partial charge in [0, 0.05) is 43.4 Å². The number of likely N-dealkylation sites (tertiary alicyclic amines) is 1. The van der Waals surface area contributed by atoms with Crippen molar-refractivity contribution >= 4 is 5.91 Å². The van der Waals surface area contributed by atoms with Crippen LogP contribution in [0.15, 0.2) is 55.1 Å². The standard InChI is InChI=1S/C19H19N5O2/c1-26-17-5-3-2-4-14(17)11-23-12-15(10-18(23)25)19-21-13-22-24(19)16-6-8-20-9-7-16/h2-9,13,15H,10-12H2,1H3. The first-order valence-corrected chi connectivity index (χ1v) is 8.46. The van der Waals surface area contributed by atoms with E-state index in [1.54, 1.807) is 24.2 Å². The highest BCUT2D eigenvalue weighted by molar-refractivity contribution is 5.79. The van der Waals surface area contributed by atoms with Crippen molar-refractivity contribution in [1.82, 2.24) is 24.6 Å². The summed E-state index contributed by atoms with van der Waals surface area (Å²) in [5, 5.41) is 4.32. The summed E-state index contributed by atoms with van der Waals surface area (Å²) in [6.45, 7) is 1.14. The van der Waals surface area contributed by atoms with Gasteiger partial charge in [-0.25, -0.2) is 9.67 Å². The van der Waals surface area contributed by atoms with Gasteiger partial charge in [0.15, 0.2) is 0 Å². The summed E-state index contributed by atoms with van der Waals surface area (Å²) < 4.78 is 7.18. The van der Waals surface area contributed by atoms with E-state index in [0.29, 0.717) is 19.5 Å². The topological polar surface area (TPSA) is 73.1 Å². The molecule has 1 amide bonds. The fourth-order valence-electron chi connectivity index (χ4n) is 3.35. The molecule has 26 heavy (non-hydrogen) atoms. The molecule has 4 rings (SSSR count). The minimum absolute atomic E-state index is 0.00729. The van der Waals surface area contributed by atoms with E-state index in [1.165, 1.54) is 6.33 Å². The monoisotopic (exact) mass is 349 g/mol. The van der Waals surface area contributed by atoms with Gasteiger partial charge in [0.1, 0.15) is 17.9 Å². The number of pyridine rings is 1. The molecule has 1 unspecified atom stereocenters. The first kappa shape index (κ1) is 16.3. The highest BCUT2D eigenvalue weighted by Gasteiger charge is 2.34. The normalized spacial score (nSPS) is 16.9. The van der Waals surface area contributed by atoms with Gasteiger partial charge >= 0.3 is 0 Å². The number of benzene rings is 1. The van der Waals surface area contributed by atoms with E-state index in [-0.39, 0.29) is 11.8 Å². The minimum Gasteiger partial charge on any atom is -0.496 e. The molecule has 1 aliphatic rings. The average Bonchev–Trinajstić information content (AvgIpc) is 3.30. The molecule has 2 aromatic heterocycles. The second-order valence-corrected chi connectivity index (χ2v) is 6.22. The van der Waals surface area contributed by atoms with Gasteiger partial charge in [0.05, 0.1) is 12.8 Å². The third-order valence-corrected chi connectivity index (χ3v) is 4.61. The van der Waals surface area contributed by atoms with Crippen LogP contribution in [0.5, 0.6) is 5.75 Å². The molecule has 1 atom stereocenters. The first-order chi connectivity index (χ1) is 12.8. The highest BCUT2D eigenvalue weighted by Crippen LogP contribution is 2.30. The molecule has 0 N–H and O–H groups in total. The number of aromatic nitrogens is 4. The fourth-order valence-corrected chi connectivity index (χ4v) is 3.35. The lowest BCUT2D eigenvalue weighted by atomic mass is 10.1. The third kappa shape index (κ3) is 3.03. The summed E-state index contributed by atoms with van der Waals surface area (Å²) in [4.78, 5) is 22.9. The molecular formula is C19H19N5O2. The Morgan fingerprint density at radius 1 is 1.19 bits per heavy atom. The third-order valence-electron chi connectivity index (χ3n) is 4.61. The Balaban J connectivity index is 1.55. The first-order valence-electron chi connectivity index (χ1n) is 8.46. The van der Waals surface area contributed by atoms with Gasteiger partial charge in [-0.2, -0.15) is 5.10 Å². The highest BCUT2D eigenvalue weighted by atomic mass is 16.5. The van der Waals surface area contributed by atoms with Crippen LogP contribution in [0.3, 0.4) is 0 Å². The summed E-state index contributed by atoms with van der Waals surface area (Å²) >= 11 is 0. The van der Waals surface area contributed by atoms with Gasteiger partial charge in [-0.05, 0) is 18.2 Å². The van der Waals surface area contributed by atoms with Gasteiger partial charge in [-0.1, -0.05) is 18.2 Å². The number of methoxy groups -OCH3 is 1. The molecule has 7 heteroatoms. The van der Waals surface area contributed by atoms with E-state index < -0.39 is 0 Å². The number of carbonyl (C=O) groups excluding carboxylic acids is 1. The zero-order valence-corrected chi connectivity index (χ0v) is 14.4. The Hall–Kier alpha value is -3.22. The molecule has 1 aromatic carbocycles. The molecule has 1 saturated heterocycles. The van der Waals surface area contributed by atoms with Crippen LogP contribution in [0.1, 0.15) is 23.7 Å². The number of hydrogen-bond acceptors (Lipinski definition) is 5. The number of hydrogen-bond donors (Lipinski definition) is 0. The van der Waals surface area contributed by atoms with Crippen molar-refractivity contribution in [3.8, 4) is 11.4 Å². The summed E-state index contributed by atoms with van der Waals surface area (Å²) in [6, 6.07) is 11.5. The maximum atomic E-state index is 12.5. The van der Waals surface area contributed by atoms with Gasteiger partial charge in [-0.3, -0.25) is 9.78 Å². The van der Waals surface area contributed by atoms with Crippen molar-refractivity contribution in [1.29, 1.82) is 0 Å². The molecule has 1 fully saturated rings. The Morgan fingerprint density at radius 3 is 2.81 bits per heavy atom. The predicted molar refractivity (Wildman–Crippen MR) is 94.9 cm³/mol. The molecule has 3 aromatic rings. The van der Waals surface area contributed by atoms with Crippen molar-refractivity contribution in [2.75, 3.05) is 13.7 Å². The molecule has 0 saturated carbocycles. The molecule has 0 radical (unpaired) electrons. The molecule has 0 bridgehead atoms. The Labute approximate surface area is 151 Å². The summed E-state index contributed by atoms with van der Waals surface area (Å²) in [6.07, 6.45) is 5.39. The number of amides is 1. The van der Waals surface area contributed by atoms with Crippen molar-refractivity contribution < 1.29 is 9.53 Å². The summed E-state index contributed by atoms with van der Waals surface area (Å²) in [5.74, 6) is 1.72. The molecule has 0 aliphatic carbocycles. The molecule has 7 nitrogen and oxygen atoms in total. The van der Waals surface area contributed by atoms with Crippen LogP contribution in [-0.4, -0.2) is 44.2 Å². The van der Waals surface area contributed by atoms with Crippen LogP contribution in [-0.2, 0) is 11.3 Å². The predicted octanol–water partition coefficient (Wildman–Crippen LogP) is 2.19.